The number of aryl methyl sites for hydroxylation is 1. The van der Waals surface area contributed by atoms with Crippen LogP contribution in [0.4, 0.5) is 5.69 Å². The second kappa shape index (κ2) is 4.61. The molecule has 1 heterocycles. The number of nitrogens with zero attached hydrogens (tertiary/aromatic N) is 3. The smallest absolute Gasteiger partial charge is 0.285 e. The summed E-state index contributed by atoms with van der Waals surface area (Å²) in [6.45, 7) is 0. The summed E-state index contributed by atoms with van der Waals surface area (Å²) in [5, 5.41) is 0. The standard InChI is InChI=1S/C11H12N4O2S/c1-15-8-2-7-13-11(15)14-18(16,17)10-5-3-9(12)4-6-10/h2-8H,12H2,1H3. The van der Waals surface area contributed by atoms with E-state index in [1.165, 1.54) is 35.0 Å². The predicted molar refractivity (Wildman–Crippen MR) is 66.8 cm³/mol. The molecule has 0 aliphatic rings. The van der Waals surface area contributed by atoms with Crippen molar-refractivity contribution in [3.63, 3.8) is 0 Å². The van der Waals surface area contributed by atoms with Gasteiger partial charge in [0.2, 0.25) is 5.62 Å². The molecule has 7 heteroatoms. The van der Waals surface area contributed by atoms with Crippen molar-refractivity contribution in [2.24, 2.45) is 11.4 Å². The Labute approximate surface area is 104 Å². The summed E-state index contributed by atoms with van der Waals surface area (Å²) >= 11 is 0. The van der Waals surface area contributed by atoms with Crippen LogP contribution >= 0.6 is 0 Å². The number of hydrogen-bond donors (Lipinski definition) is 1. The van der Waals surface area contributed by atoms with Crippen LogP contribution in [0.15, 0.2) is 52.0 Å². The first-order valence-electron chi connectivity index (χ1n) is 5.13. The van der Waals surface area contributed by atoms with Crippen LogP contribution in [0.1, 0.15) is 0 Å². The van der Waals surface area contributed by atoms with Crippen LogP contribution in [0, 0.1) is 0 Å². The van der Waals surface area contributed by atoms with E-state index in [1.54, 1.807) is 19.3 Å². The molecule has 0 atom stereocenters. The Hall–Kier alpha value is -2.15. The lowest BCUT2D eigenvalue weighted by Gasteiger charge is -2.00. The maximum absolute atomic E-state index is 12.0. The Balaban J connectivity index is 2.55. The molecule has 1 aromatic heterocycles. The molecule has 18 heavy (non-hydrogen) atoms. The summed E-state index contributed by atoms with van der Waals surface area (Å²) in [5.74, 6) is 0. The zero-order chi connectivity index (χ0) is 13.2. The van der Waals surface area contributed by atoms with E-state index in [1.807, 2.05) is 0 Å². The first-order chi connectivity index (χ1) is 8.49. The molecule has 0 fully saturated rings. The molecule has 1 aromatic carbocycles. The van der Waals surface area contributed by atoms with E-state index in [0.29, 0.717) is 5.69 Å². The van der Waals surface area contributed by atoms with Gasteiger partial charge in [-0.15, -0.1) is 4.40 Å². The van der Waals surface area contributed by atoms with Gasteiger partial charge in [-0.1, -0.05) is 0 Å². The highest BCUT2D eigenvalue weighted by Gasteiger charge is 2.12. The number of benzene rings is 1. The zero-order valence-corrected chi connectivity index (χ0v) is 10.5. The third-order valence-corrected chi connectivity index (χ3v) is 3.55. The molecule has 0 saturated carbocycles. The molecule has 6 nitrogen and oxygen atoms in total. The first-order valence-corrected chi connectivity index (χ1v) is 6.57. The normalized spacial score (nSPS) is 12.6. The maximum Gasteiger partial charge on any atom is 0.285 e. The minimum Gasteiger partial charge on any atom is -0.399 e. The number of sulfonamides is 1. The lowest BCUT2D eigenvalue weighted by atomic mass is 10.3. The molecule has 94 valence electrons. The van der Waals surface area contributed by atoms with Gasteiger partial charge in [0.05, 0.1) is 4.90 Å². The van der Waals surface area contributed by atoms with Crippen LogP contribution in [0.25, 0.3) is 0 Å². The van der Waals surface area contributed by atoms with Crippen LogP contribution in [0.2, 0.25) is 0 Å². The zero-order valence-electron chi connectivity index (χ0n) is 9.69. The average Bonchev–Trinajstić information content (AvgIpc) is 2.32. The summed E-state index contributed by atoms with van der Waals surface area (Å²) < 4.78 is 29.2. The molecule has 2 aromatic rings. The molecular formula is C11H12N4O2S. The number of aromatic nitrogens is 2. The van der Waals surface area contributed by atoms with Gasteiger partial charge in [-0.25, -0.2) is 4.98 Å². The van der Waals surface area contributed by atoms with Gasteiger partial charge < -0.3 is 10.3 Å². The number of hydrogen-bond acceptors (Lipinski definition) is 4. The van der Waals surface area contributed by atoms with E-state index in [0.717, 1.165) is 0 Å². The Bertz CT molecular complexity index is 717. The maximum atomic E-state index is 12.0. The topological polar surface area (TPSA) is 90.3 Å². The van der Waals surface area contributed by atoms with Crippen LogP contribution < -0.4 is 11.4 Å². The van der Waals surface area contributed by atoms with Gasteiger partial charge in [-0.3, -0.25) is 0 Å². The van der Waals surface area contributed by atoms with Crippen molar-refractivity contribution in [1.82, 2.24) is 9.55 Å². The number of anilines is 1. The van der Waals surface area contributed by atoms with Gasteiger partial charge in [0.1, 0.15) is 0 Å². The molecule has 0 radical (unpaired) electrons. The highest BCUT2D eigenvalue weighted by Crippen LogP contribution is 2.13. The molecule has 0 aliphatic heterocycles. The summed E-state index contributed by atoms with van der Waals surface area (Å²) in [5.41, 5.74) is 6.12. The second-order valence-corrected chi connectivity index (χ2v) is 5.27. The molecule has 2 rings (SSSR count). The fraction of sp³-hybridized carbons (Fsp3) is 0.0909. The van der Waals surface area contributed by atoms with Crippen LogP contribution in [0.3, 0.4) is 0 Å². The van der Waals surface area contributed by atoms with Gasteiger partial charge in [0.15, 0.2) is 0 Å². The summed E-state index contributed by atoms with van der Waals surface area (Å²) in [6, 6.07) is 7.55. The van der Waals surface area contributed by atoms with E-state index in [4.69, 9.17) is 5.73 Å². The van der Waals surface area contributed by atoms with Crippen molar-refractivity contribution >= 4 is 15.7 Å². The Morgan fingerprint density at radius 3 is 2.56 bits per heavy atom. The molecular weight excluding hydrogens is 252 g/mol. The van der Waals surface area contributed by atoms with Gasteiger partial charge in [0.25, 0.3) is 10.0 Å². The fourth-order valence-corrected chi connectivity index (χ4v) is 2.30. The minimum atomic E-state index is -3.77. The van der Waals surface area contributed by atoms with Crippen molar-refractivity contribution in [1.29, 1.82) is 0 Å². The number of nitrogen functional groups attached to an aromatic ring is 1. The highest BCUT2D eigenvalue weighted by molar-refractivity contribution is 7.90. The molecule has 0 unspecified atom stereocenters. The molecule has 2 N–H and O–H groups in total. The van der Waals surface area contributed by atoms with Gasteiger partial charge in [0, 0.05) is 25.1 Å². The minimum absolute atomic E-state index is 0.0855. The van der Waals surface area contributed by atoms with Crippen LogP contribution in [-0.2, 0) is 17.1 Å². The Kier molecular flexibility index (Phi) is 3.15. The Morgan fingerprint density at radius 2 is 1.94 bits per heavy atom. The van der Waals surface area contributed by atoms with E-state index < -0.39 is 10.0 Å². The van der Waals surface area contributed by atoms with Crippen LogP contribution in [0.5, 0.6) is 0 Å². The summed E-state index contributed by atoms with van der Waals surface area (Å²) in [7, 11) is -2.10. The molecule has 0 spiro atoms. The van der Waals surface area contributed by atoms with Crippen LogP contribution in [-0.4, -0.2) is 18.0 Å². The van der Waals surface area contributed by atoms with Crippen molar-refractivity contribution < 1.29 is 8.42 Å². The molecule has 0 aliphatic carbocycles. The molecule has 0 saturated heterocycles. The van der Waals surface area contributed by atoms with Crippen molar-refractivity contribution in [2.75, 3.05) is 5.73 Å². The largest absolute Gasteiger partial charge is 0.399 e. The lowest BCUT2D eigenvalue weighted by Crippen LogP contribution is -2.22. The molecule has 0 bridgehead atoms. The van der Waals surface area contributed by atoms with E-state index in [9.17, 15) is 8.42 Å². The van der Waals surface area contributed by atoms with Gasteiger partial charge >= 0.3 is 0 Å². The van der Waals surface area contributed by atoms with Gasteiger partial charge in [-0.2, -0.15) is 8.42 Å². The quantitative estimate of drug-likeness (QED) is 0.789. The number of nitrogens with two attached hydrogens (primary N) is 1. The average molecular weight is 264 g/mol. The van der Waals surface area contributed by atoms with E-state index >= 15 is 0 Å². The predicted octanol–water partition coefficient (Wildman–Crippen LogP) is 0.292. The van der Waals surface area contributed by atoms with E-state index in [2.05, 4.69) is 9.38 Å². The summed E-state index contributed by atoms with van der Waals surface area (Å²) in [6.07, 6.45) is 3.15. The SMILES string of the molecule is Cn1cccnc1=NS(=O)(=O)c1ccc(N)cc1. The Morgan fingerprint density at radius 1 is 1.28 bits per heavy atom. The molecule has 0 amide bonds. The monoisotopic (exact) mass is 264 g/mol. The summed E-state index contributed by atoms with van der Waals surface area (Å²) in [4.78, 5) is 3.98. The third kappa shape index (κ3) is 2.57. The van der Waals surface area contributed by atoms with E-state index in [-0.39, 0.29) is 10.5 Å². The van der Waals surface area contributed by atoms with Crippen molar-refractivity contribution in [2.45, 2.75) is 4.90 Å². The highest BCUT2D eigenvalue weighted by atomic mass is 32.2. The fourth-order valence-electron chi connectivity index (χ4n) is 1.32. The lowest BCUT2D eigenvalue weighted by molar-refractivity contribution is 0.594. The van der Waals surface area contributed by atoms with Crippen molar-refractivity contribution in [3.8, 4) is 0 Å². The first kappa shape index (κ1) is 12.3. The van der Waals surface area contributed by atoms with Gasteiger partial charge in [-0.05, 0) is 30.3 Å². The third-order valence-electron chi connectivity index (χ3n) is 2.28. The second-order valence-electron chi connectivity index (χ2n) is 3.67. The number of rotatable bonds is 2. The van der Waals surface area contributed by atoms with Crippen molar-refractivity contribution in [3.05, 3.63) is 48.3 Å².